The van der Waals surface area contributed by atoms with E-state index in [0.717, 1.165) is 36.8 Å². The van der Waals surface area contributed by atoms with Gasteiger partial charge in [-0.3, -0.25) is 14.7 Å². The van der Waals surface area contributed by atoms with Crippen LogP contribution in [-0.4, -0.2) is 33.5 Å². The minimum absolute atomic E-state index is 0.183. The summed E-state index contributed by atoms with van der Waals surface area (Å²) in [5.74, 6) is -0.838. The summed E-state index contributed by atoms with van der Waals surface area (Å²) in [6.07, 6.45) is 3.29. The van der Waals surface area contributed by atoms with E-state index in [2.05, 4.69) is 41.1 Å². The number of hydrogen-bond donors (Lipinski definition) is 1. The Hall–Kier alpha value is -1.94. The summed E-state index contributed by atoms with van der Waals surface area (Å²) in [4.78, 5) is 17.8. The Labute approximate surface area is 124 Å². The van der Waals surface area contributed by atoms with Crippen molar-refractivity contribution >= 4 is 16.9 Å². The number of rotatable bonds is 3. The number of hydrogen-bond acceptors (Lipinski definition) is 3. The number of carboxylic acids is 1. The molecule has 1 saturated heterocycles. The van der Waals surface area contributed by atoms with Crippen LogP contribution >= 0.6 is 0 Å². The lowest BCUT2D eigenvalue weighted by Crippen LogP contribution is -2.42. The van der Waals surface area contributed by atoms with Gasteiger partial charge in [-0.15, -0.1) is 0 Å². The van der Waals surface area contributed by atoms with Crippen LogP contribution in [0, 0.1) is 5.92 Å². The molecule has 4 nitrogen and oxygen atoms in total. The first-order valence-electron chi connectivity index (χ1n) is 7.44. The lowest BCUT2D eigenvalue weighted by atomic mass is 9.91. The number of nitrogens with zero attached hydrogens (tertiary/aromatic N) is 2. The second-order valence-electron chi connectivity index (χ2n) is 5.91. The lowest BCUT2D eigenvalue weighted by Gasteiger charge is -2.36. The molecule has 0 amide bonds. The first kappa shape index (κ1) is 14.0. The van der Waals surface area contributed by atoms with Crippen LogP contribution in [0.25, 0.3) is 10.9 Å². The van der Waals surface area contributed by atoms with Crippen LogP contribution in [-0.2, 0) is 11.3 Å². The molecule has 2 heterocycles. The van der Waals surface area contributed by atoms with Gasteiger partial charge in [0.25, 0.3) is 0 Å². The van der Waals surface area contributed by atoms with Gasteiger partial charge in [-0.2, -0.15) is 0 Å². The van der Waals surface area contributed by atoms with Gasteiger partial charge in [0.1, 0.15) is 0 Å². The topological polar surface area (TPSA) is 53.4 Å². The lowest BCUT2D eigenvalue weighted by molar-refractivity contribution is -0.144. The first-order valence-corrected chi connectivity index (χ1v) is 7.44. The number of fused-ring (bicyclic) bond motifs is 1. The Morgan fingerprint density at radius 1 is 1.43 bits per heavy atom. The molecule has 1 aliphatic heterocycles. The third kappa shape index (κ3) is 3.05. The Kier molecular flexibility index (Phi) is 3.88. The van der Waals surface area contributed by atoms with E-state index >= 15 is 0 Å². The zero-order valence-corrected chi connectivity index (χ0v) is 12.2. The van der Waals surface area contributed by atoms with Gasteiger partial charge in [-0.1, -0.05) is 12.1 Å². The van der Waals surface area contributed by atoms with Crippen LogP contribution in [0.2, 0.25) is 0 Å². The Bertz CT molecular complexity index is 656. The maximum absolute atomic E-state index is 11.1. The standard InChI is InChI=1S/C17H20N2O2/c1-12-9-15(17(20)21)6-8-19(12)11-13-4-5-16-14(10-13)3-2-7-18-16/h2-5,7,10,12,15H,6,8-9,11H2,1H3,(H,20,21). The third-order valence-corrected chi connectivity index (χ3v) is 4.42. The smallest absolute Gasteiger partial charge is 0.306 e. The summed E-state index contributed by atoms with van der Waals surface area (Å²) >= 11 is 0. The van der Waals surface area contributed by atoms with Crippen molar-refractivity contribution in [2.24, 2.45) is 5.92 Å². The van der Waals surface area contributed by atoms with Crippen molar-refractivity contribution < 1.29 is 9.90 Å². The highest BCUT2D eigenvalue weighted by Crippen LogP contribution is 2.25. The molecular weight excluding hydrogens is 264 g/mol. The van der Waals surface area contributed by atoms with Gasteiger partial charge >= 0.3 is 5.97 Å². The van der Waals surface area contributed by atoms with E-state index in [1.54, 1.807) is 6.20 Å². The normalized spacial score (nSPS) is 23.3. The van der Waals surface area contributed by atoms with E-state index in [9.17, 15) is 4.79 Å². The highest BCUT2D eigenvalue weighted by Gasteiger charge is 2.29. The number of piperidine rings is 1. The van der Waals surface area contributed by atoms with Gasteiger partial charge in [0.2, 0.25) is 0 Å². The predicted molar refractivity (Wildman–Crippen MR) is 82.0 cm³/mol. The maximum Gasteiger partial charge on any atom is 0.306 e. The highest BCUT2D eigenvalue weighted by atomic mass is 16.4. The maximum atomic E-state index is 11.1. The van der Waals surface area contributed by atoms with Gasteiger partial charge < -0.3 is 5.11 Å². The number of carbonyl (C=O) groups is 1. The molecule has 1 aliphatic rings. The molecule has 0 spiro atoms. The fourth-order valence-corrected chi connectivity index (χ4v) is 3.14. The van der Waals surface area contributed by atoms with E-state index < -0.39 is 5.97 Å². The van der Waals surface area contributed by atoms with Gasteiger partial charge in [0.05, 0.1) is 11.4 Å². The molecule has 3 rings (SSSR count). The third-order valence-electron chi connectivity index (χ3n) is 4.42. The molecule has 0 radical (unpaired) electrons. The molecule has 2 atom stereocenters. The van der Waals surface area contributed by atoms with E-state index in [0.29, 0.717) is 6.04 Å². The van der Waals surface area contributed by atoms with Crippen LogP contribution in [0.4, 0.5) is 0 Å². The van der Waals surface area contributed by atoms with Crippen LogP contribution in [0.15, 0.2) is 36.5 Å². The summed E-state index contributed by atoms with van der Waals surface area (Å²) < 4.78 is 0. The van der Waals surface area contributed by atoms with Crippen molar-refractivity contribution in [3.63, 3.8) is 0 Å². The fraction of sp³-hybridized carbons (Fsp3) is 0.412. The number of carboxylic acid groups (broad SMARTS) is 1. The minimum atomic E-state index is -0.654. The molecule has 1 aromatic heterocycles. The Balaban J connectivity index is 1.72. The van der Waals surface area contributed by atoms with E-state index in [4.69, 9.17) is 5.11 Å². The van der Waals surface area contributed by atoms with Gasteiger partial charge in [0.15, 0.2) is 0 Å². The molecule has 0 saturated carbocycles. The second-order valence-corrected chi connectivity index (χ2v) is 5.91. The first-order chi connectivity index (χ1) is 10.1. The summed E-state index contributed by atoms with van der Waals surface area (Å²) in [5.41, 5.74) is 2.27. The van der Waals surface area contributed by atoms with Crippen molar-refractivity contribution in [1.82, 2.24) is 9.88 Å². The largest absolute Gasteiger partial charge is 0.481 e. The molecule has 4 heteroatoms. The average molecular weight is 284 g/mol. The minimum Gasteiger partial charge on any atom is -0.481 e. The molecule has 1 N–H and O–H groups in total. The number of likely N-dealkylation sites (tertiary alicyclic amines) is 1. The van der Waals surface area contributed by atoms with E-state index in [1.807, 2.05) is 6.07 Å². The van der Waals surface area contributed by atoms with Gasteiger partial charge in [0, 0.05) is 24.2 Å². The van der Waals surface area contributed by atoms with Crippen molar-refractivity contribution in [1.29, 1.82) is 0 Å². The molecule has 2 unspecified atom stereocenters. The number of aliphatic carboxylic acids is 1. The van der Waals surface area contributed by atoms with Gasteiger partial charge in [-0.25, -0.2) is 0 Å². The van der Waals surface area contributed by atoms with E-state index in [1.165, 1.54) is 5.56 Å². The SMILES string of the molecule is CC1CC(C(=O)O)CCN1Cc1ccc2ncccc2c1. The summed E-state index contributed by atoms with van der Waals surface area (Å²) in [7, 11) is 0. The molecule has 2 aromatic rings. The predicted octanol–water partition coefficient (Wildman–Crippen LogP) is 2.92. The Morgan fingerprint density at radius 2 is 2.29 bits per heavy atom. The fourth-order valence-electron chi connectivity index (χ4n) is 3.14. The molecule has 0 bridgehead atoms. The quantitative estimate of drug-likeness (QED) is 0.941. The van der Waals surface area contributed by atoms with Crippen molar-refractivity contribution in [3.8, 4) is 0 Å². The molecule has 110 valence electrons. The van der Waals surface area contributed by atoms with Crippen molar-refractivity contribution in [2.45, 2.75) is 32.4 Å². The molecular formula is C17H20N2O2. The van der Waals surface area contributed by atoms with Crippen LogP contribution in [0.5, 0.6) is 0 Å². The number of aromatic nitrogens is 1. The van der Waals surface area contributed by atoms with Crippen LogP contribution in [0.3, 0.4) is 0 Å². The van der Waals surface area contributed by atoms with E-state index in [-0.39, 0.29) is 5.92 Å². The monoisotopic (exact) mass is 284 g/mol. The number of benzene rings is 1. The summed E-state index contributed by atoms with van der Waals surface area (Å²) in [6, 6.07) is 10.7. The number of pyridine rings is 1. The zero-order valence-electron chi connectivity index (χ0n) is 12.2. The summed E-state index contributed by atoms with van der Waals surface area (Å²) in [5, 5.41) is 10.3. The Morgan fingerprint density at radius 3 is 3.05 bits per heavy atom. The van der Waals surface area contributed by atoms with Gasteiger partial charge in [-0.05, 0) is 50.1 Å². The molecule has 0 aliphatic carbocycles. The highest BCUT2D eigenvalue weighted by molar-refractivity contribution is 5.78. The second kappa shape index (κ2) is 5.82. The van der Waals surface area contributed by atoms with Crippen molar-refractivity contribution in [3.05, 3.63) is 42.1 Å². The van der Waals surface area contributed by atoms with Crippen LogP contribution in [0.1, 0.15) is 25.3 Å². The van der Waals surface area contributed by atoms with Crippen molar-refractivity contribution in [2.75, 3.05) is 6.54 Å². The molecule has 1 aromatic carbocycles. The molecule has 21 heavy (non-hydrogen) atoms. The van der Waals surface area contributed by atoms with Crippen LogP contribution < -0.4 is 0 Å². The summed E-state index contributed by atoms with van der Waals surface area (Å²) in [6.45, 7) is 3.85. The average Bonchev–Trinajstić information content (AvgIpc) is 2.49. The zero-order chi connectivity index (χ0) is 14.8. The molecule has 1 fully saturated rings.